The molecular formula is C25H26F2O. The number of rotatable bonds is 8. The molecule has 146 valence electrons. The summed E-state index contributed by atoms with van der Waals surface area (Å²) in [5.41, 5.74) is 3.81. The van der Waals surface area contributed by atoms with E-state index in [1.807, 2.05) is 30.3 Å². The van der Waals surface area contributed by atoms with E-state index in [9.17, 15) is 8.78 Å². The van der Waals surface area contributed by atoms with Crippen LogP contribution in [0.1, 0.15) is 38.7 Å². The van der Waals surface area contributed by atoms with Gasteiger partial charge in [-0.05, 0) is 53.3 Å². The molecule has 3 heteroatoms. The fourth-order valence-electron chi connectivity index (χ4n) is 3.30. The monoisotopic (exact) mass is 380 g/mol. The second-order valence-electron chi connectivity index (χ2n) is 6.96. The summed E-state index contributed by atoms with van der Waals surface area (Å²) in [6.45, 7) is 4.68. The van der Waals surface area contributed by atoms with Gasteiger partial charge in [0.15, 0.2) is 11.6 Å². The Morgan fingerprint density at radius 1 is 0.786 bits per heavy atom. The van der Waals surface area contributed by atoms with E-state index in [2.05, 4.69) is 13.8 Å². The zero-order valence-electron chi connectivity index (χ0n) is 16.5. The van der Waals surface area contributed by atoms with Crippen molar-refractivity contribution in [3.8, 4) is 28.0 Å². The van der Waals surface area contributed by atoms with Gasteiger partial charge in [0.2, 0.25) is 0 Å². The molecule has 3 rings (SSSR count). The zero-order valence-corrected chi connectivity index (χ0v) is 16.5. The fourth-order valence-corrected chi connectivity index (χ4v) is 3.30. The predicted molar refractivity (Wildman–Crippen MR) is 112 cm³/mol. The van der Waals surface area contributed by atoms with Gasteiger partial charge >= 0.3 is 0 Å². The molecule has 0 saturated heterocycles. The fraction of sp³-hybridized carbons (Fsp3) is 0.280. The third-order valence-electron chi connectivity index (χ3n) is 4.79. The van der Waals surface area contributed by atoms with E-state index in [0.29, 0.717) is 23.3 Å². The van der Waals surface area contributed by atoms with E-state index in [1.165, 1.54) is 17.7 Å². The molecule has 0 N–H and O–H groups in total. The summed E-state index contributed by atoms with van der Waals surface area (Å²) in [6.07, 6.45) is 3.93. The van der Waals surface area contributed by atoms with Crippen LogP contribution in [0.25, 0.3) is 22.3 Å². The van der Waals surface area contributed by atoms with Crippen molar-refractivity contribution in [3.63, 3.8) is 0 Å². The summed E-state index contributed by atoms with van der Waals surface area (Å²) in [6, 6.07) is 17.7. The molecular weight excluding hydrogens is 354 g/mol. The minimum Gasteiger partial charge on any atom is -0.491 e. The van der Waals surface area contributed by atoms with Crippen LogP contribution in [0.15, 0.2) is 60.7 Å². The second-order valence-corrected chi connectivity index (χ2v) is 6.96. The first-order valence-corrected chi connectivity index (χ1v) is 9.94. The van der Waals surface area contributed by atoms with Gasteiger partial charge in [-0.1, -0.05) is 69.2 Å². The number of halogens is 2. The van der Waals surface area contributed by atoms with Crippen LogP contribution in [0.4, 0.5) is 8.78 Å². The maximum absolute atomic E-state index is 14.7. The minimum absolute atomic E-state index is 0.235. The molecule has 3 aromatic carbocycles. The average molecular weight is 380 g/mol. The summed E-state index contributed by atoms with van der Waals surface area (Å²) in [5, 5.41) is 0. The Bertz CT molecular complexity index is 916. The van der Waals surface area contributed by atoms with Crippen molar-refractivity contribution in [2.24, 2.45) is 0 Å². The molecule has 0 amide bonds. The number of ether oxygens (including phenoxy) is 1. The third kappa shape index (κ3) is 4.59. The van der Waals surface area contributed by atoms with Crippen LogP contribution >= 0.6 is 0 Å². The summed E-state index contributed by atoms with van der Waals surface area (Å²) in [5.74, 6) is -0.509. The summed E-state index contributed by atoms with van der Waals surface area (Å²) in [4.78, 5) is 0. The Kier molecular flexibility index (Phi) is 6.80. The maximum atomic E-state index is 14.7. The largest absolute Gasteiger partial charge is 0.491 e. The number of aryl methyl sites for hydroxylation is 1. The van der Waals surface area contributed by atoms with Gasteiger partial charge in [-0.2, -0.15) is 0 Å². The van der Waals surface area contributed by atoms with E-state index in [-0.39, 0.29) is 11.6 Å². The van der Waals surface area contributed by atoms with Crippen molar-refractivity contribution in [2.45, 2.75) is 39.5 Å². The van der Waals surface area contributed by atoms with Gasteiger partial charge in [-0.15, -0.1) is 0 Å². The third-order valence-corrected chi connectivity index (χ3v) is 4.79. The standard InChI is InChI=1S/C25H26F2O/c1-3-5-16-28-24-15-14-20(17-23(24)27)21-8-6-9-22(26)25(21)19-12-10-18(7-4-2)11-13-19/h6,8-15,17H,3-5,7,16H2,1-2H3. The second kappa shape index (κ2) is 9.50. The predicted octanol–water partition coefficient (Wildman–Crippen LogP) is 7.43. The van der Waals surface area contributed by atoms with Gasteiger partial charge in [-0.25, -0.2) is 8.78 Å². The van der Waals surface area contributed by atoms with Crippen LogP contribution in [0.5, 0.6) is 5.75 Å². The molecule has 3 aromatic rings. The Morgan fingerprint density at radius 3 is 2.21 bits per heavy atom. The van der Waals surface area contributed by atoms with Gasteiger partial charge in [-0.3, -0.25) is 0 Å². The van der Waals surface area contributed by atoms with Gasteiger partial charge in [0.25, 0.3) is 0 Å². The zero-order chi connectivity index (χ0) is 19.9. The SMILES string of the molecule is CCCCOc1ccc(-c2cccc(F)c2-c2ccc(CCC)cc2)cc1F. The molecule has 0 atom stereocenters. The quantitative estimate of drug-likeness (QED) is 0.369. The molecule has 28 heavy (non-hydrogen) atoms. The molecule has 0 heterocycles. The minimum atomic E-state index is -0.429. The lowest BCUT2D eigenvalue weighted by atomic mass is 9.93. The first-order valence-electron chi connectivity index (χ1n) is 9.94. The summed E-state index contributed by atoms with van der Waals surface area (Å²) >= 11 is 0. The highest BCUT2D eigenvalue weighted by atomic mass is 19.1. The van der Waals surface area contributed by atoms with Crippen molar-refractivity contribution in [3.05, 3.63) is 77.9 Å². The summed E-state index contributed by atoms with van der Waals surface area (Å²) in [7, 11) is 0. The number of unbranched alkanes of at least 4 members (excludes halogenated alkanes) is 1. The normalized spacial score (nSPS) is 10.9. The molecule has 0 aliphatic carbocycles. The van der Waals surface area contributed by atoms with E-state index >= 15 is 0 Å². The van der Waals surface area contributed by atoms with E-state index in [4.69, 9.17) is 4.74 Å². The first-order chi connectivity index (χ1) is 13.6. The van der Waals surface area contributed by atoms with Crippen LogP contribution in [0.3, 0.4) is 0 Å². The highest BCUT2D eigenvalue weighted by molar-refractivity contribution is 5.84. The lowest BCUT2D eigenvalue weighted by Gasteiger charge is -2.13. The highest BCUT2D eigenvalue weighted by Crippen LogP contribution is 2.36. The van der Waals surface area contributed by atoms with E-state index < -0.39 is 5.82 Å². The molecule has 0 unspecified atom stereocenters. The number of benzene rings is 3. The van der Waals surface area contributed by atoms with E-state index in [0.717, 1.165) is 31.2 Å². The molecule has 0 aliphatic rings. The van der Waals surface area contributed by atoms with Crippen molar-refractivity contribution in [2.75, 3.05) is 6.61 Å². The molecule has 0 spiro atoms. The molecule has 0 saturated carbocycles. The molecule has 1 nitrogen and oxygen atoms in total. The van der Waals surface area contributed by atoms with Crippen molar-refractivity contribution in [1.82, 2.24) is 0 Å². The van der Waals surface area contributed by atoms with Gasteiger partial charge in [0.1, 0.15) is 5.82 Å². The van der Waals surface area contributed by atoms with Crippen molar-refractivity contribution >= 4 is 0 Å². The van der Waals surface area contributed by atoms with Gasteiger partial charge < -0.3 is 4.74 Å². The Morgan fingerprint density at radius 2 is 1.54 bits per heavy atom. The Labute approximate surface area is 166 Å². The topological polar surface area (TPSA) is 9.23 Å². The van der Waals surface area contributed by atoms with Gasteiger partial charge in [0.05, 0.1) is 6.61 Å². The first kappa shape index (κ1) is 20.1. The maximum Gasteiger partial charge on any atom is 0.165 e. The highest BCUT2D eigenvalue weighted by Gasteiger charge is 2.14. The van der Waals surface area contributed by atoms with Crippen LogP contribution in [-0.4, -0.2) is 6.61 Å². The van der Waals surface area contributed by atoms with Crippen LogP contribution in [-0.2, 0) is 6.42 Å². The molecule has 0 aliphatic heterocycles. The Hall–Kier alpha value is -2.68. The number of hydrogen-bond acceptors (Lipinski definition) is 1. The van der Waals surface area contributed by atoms with Gasteiger partial charge in [0, 0.05) is 5.56 Å². The average Bonchev–Trinajstić information content (AvgIpc) is 2.70. The molecule has 0 aromatic heterocycles. The van der Waals surface area contributed by atoms with E-state index in [1.54, 1.807) is 18.2 Å². The lowest BCUT2D eigenvalue weighted by Crippen LogP contribution is -1.99. The Balaban J connectivity index is 1.97. The van der Waals surface area contributed by atoms with Crippen LogP contribution < -0.4 is 4.74 Å². The smallest absolute Gasteiger partial charge is 0.165 e. The molecule has 0 fully saturated rings. The summed E-state index contributed by atoms with van der Waals surface area (Å²) < 4.78 is 34.7. The van der Waals surface area contributed by atoms with Crippen molar-refractivity contribution < 1.29 is 13.5 Å². The van der Waals surface area contributed by atoms with Crippen molar-refractivity contribution in [1.29, 1.82) is 0 Å². The lowest BCUT2D eigenvalue weighted by molar-refractivity contribution is 0.294. The van der Waals surface area contributed by atoms with Crippen LogP contribution in [0, 0.1) is 11.6 Å². The molecule has 0 bridgehead atoms. The number of hydrogen-bond donors (Lipinski definition) is 0. The molecule has 0 radical (unpaired) electrons. The van der Waals surface area contributed by atoms with Crippen LogP contribution in [0.2, 0.25) is 0 Å².